The molecule has 22 heavy (non-hydrogen) atoms. The van der Waals surface area contributed by atoms with Crippen LogP contribution in [0.3, 0.4) is 0 Å². The van der Waals surface area contributed by atoms with E-state index >= 15 is 0 Å². The zero-order valence-corrected chi connectivity index (χ0v) is 13.5. The number of carbonyl (C=O) groups excluding carboxylic acids is 1. The van der Waals surface area contributed by atoms with Gasteiger partial charge in [-0.05, 0) is 43.0 Å². The highest BCUT2D eigenvalue weighted by Crippen LogP contribution is 2.18. The Morgan fingerprint density at radius 2 is 1.91 bits per heavy atom. The summed E-state index contributed by atoms with van der Waals surface area (Å²) in [5, 5.41) is 6.05. The number of nitrogens with zero attached hydrogens (tertiary/aromatic N) is 2. The van der Waals surface area contributed by atoms with Crippen LogP contribution in [0.25, 0.3) is 0 Å². The summed E-state index contributed by atoms with van der Waals surface area (Å²) in [6.07, 6.45) is 1.40. The summed E-state index contributed by atoms with van der Waals surface area (Å²) in [5.41, 5.74) is 3.74. The molecule has 0 saturated carbocycles. The Morgan fingerprint density at radius 1 is 1.14 bits per heavy atom. The van der Waals surface area contributed by atoms with Gasteiger partial charge in [0, 0.05) is 18.3 Å². The van der Waals surface area contributed by atoms with Gasteiger partial charge in [0.2, 0.25) is 0 Å². The summed E-state index contributed by atoms with van der Waals surface area (Å²) < 4.78 is 0. The van der Waals surface area contributed by atoms with E-state index in [-0.39, 0.29) is 5.91 Å². The van der Waals surface area contributed by atoms with E-state index in [0.29, 0.717) is 24.0 Å². The largest absolute Gasteiger partial charge is 0.350 e. The molecule has 0 radical (unpaired) electrons. The van der Waals surface area contributed by atoms with Crippen molar-refractivity contribution < 1.29 is 4.79 Å². The molecule has 1 heterocycles. The lowest BCUT2D eigenvalue weighted by Crippen LogP contribution is -2.28. The molecule has 0 bridgehead atoms. The monoisotopic (exact) mass is 298 g/mol. The van der Waals surface area contributed by atoms with Crippen LogP contribution in [0, 0.1) is 19.8 Å². The average molecular weight is 298 g/mol. The minimum atomic E-state index is -0.181. The molecule has 1 aromatic heterocycles. The van der Waals surface area contributed by atoms with Crippen LogP contribution in [0.5, 0.6) is 0 Å². The third-order valence-electron chi connectivity index (χ3n) is 3.35. The third kappa shape index (κ3) is 4.28. The van der Waals surface area contributed by atoms with Crippen molar-refractivity contribution in [3.8, 4) is 0 Å². The van der Waals surface area contributed by atoms with Crippen LogP contribution in [0.15, 0.2) is 30.6 Å². The van der Waals surface area contributed by atoms with Crippen LogP contribution in [-0.4, -0.2) is 22.4 Å². The van der Waals surface area contributed by atoms with Crippen LogP contribution in [0.4, 0.5) is 11.5 Å². The molecular weight excluding hydrogens is 276 g/mol. The topological polar surface area (TPSA) is 66.9 Å². The lowest BCUT2D eigenvalue weighted by Gasteiger charge is -2.10. The van der Waals surface area contributed by atoms with Gasteiger partial charge >= 0.3 is 0 Å². The van der Waals surface area contributed by atoms with Gasteiger partial charge in [-0.15, -0.1) is 0 Å². The van der Waals surface area contributed by atoms with E-state index in [1.807, 2.05) is 19.9 Å². The Labute approximate surface area is 131 Å². The van der Waals surface area contributed by atoms with Gasteiger partial charge in [-0.2, -0.15) is 0 Å². The van der Waals surface area contributed by atoms with E-state index < -0.39 is 0 Å². The molecule has 2 aromatic rings. The molecule has 116 valence electrons. The lowest BCUT2D eigenvalue weighted by molar-refractivity contribution is 0.0944. The van der Waals surface area contributed by atoms with Crippen LogP contribution in [-0.2, 0) is 0 Å². The molecule has 0 aliphatic rings. The molecule has 1 aromatic carbocycles. The fourth-order valence-electron chi connectivity index (χ4n) is 1.90. The fourth-order valence-corrected chi connectivity index (χ4v) is 1.90. The van der Waals surface area contributed by atoms with Crippen molar-refractivity contribution in [1.29, 1.82) is 0 Å². The molecule has 0 aliphatic heterocycles. The Morgan fingerprint density at radius 3 is 2.59 bits per heavy atom. The summed E-state index contributed by atoms with van der Waals surface area (Å²) in [6, 6.07) is 7.75. The van der Waals surface area contributed by atoms with Crippen molar-refractivity contribution in [3.05, 3.63) is 47.4 Å². The van der Waals surface area contributed by atoms with Crippen LogP contribution in [0.1, 0.15) is 35.5 Å². The average Bonchev–Trinajstić information content (AvgIpc) is 2.49. The highest BCUT2D eigenvalue weighted by Gasteiger charge is 2.09. The number of aryl methyl sites for hydroxylation is 2. The number of benzene rings is 1. The molecule has 2 rings (SSSR count). The second kappa shape index (κ2) is 7.02. The highest BCUT2D eigenvalue weighted by atomic mass is 16.1. The second-order valence-electron chi connectivity index (χ2n) is 5.82. The molecule has 0 unspecified atom stereocenters. The van der Waals surface area contributed by atoms with E-state index in [1.54, 1.807) is 6.07 Å². The number of aromatic nitrogens is 2. The van der Waals surface area contributed by atoms with E-state index in [1.165, 1.54) is 17.5 Å². The van der Waals surface area contributed by atoms with E-state index in [2.05, 4.69) is 46.6 Å². The maximum atomic E-state index is 12.0. The standard InChI is InChI=1S/C17H22N4O/c1-11(2)9-18-17(22)15-8-16(20-10-19-15)21-14-6-5-12(3)13(4)7-14/h5-8,10-11H,9H2,1-4H3,(H,18,22)(H,19,20,21). The number of hydrogen-bond acceptors (Lipinski definition) is 4. The molecule has 0 saturated heterocycles. The second-order valence-corrected chi connectivity index (χ2v) is 5.82. The summed E-state index contributed by atoms with van der Waals surface area (Å²) in [6.45, 7) is 8.86. The van der Waals surface area contributed by atoms with Crippen molar-refractivity contribution in [2.45, 2.75) is 27.7 Å². The van der Waals surface area contributed by atoms with Gasteiger partial charge in [-0.3, -0.25) is 4.79 Å². The minimum Gasteiger partial charge on any atom is -0.350 e. The van der Waals surface area contributed by atoms with Gasteiger partial charge in [-0.1, -0.05) is 19.9 Å². The molecule has 2 N–H and O–H groups in total. The predicted octanol–water partition coefficient (Wildman–Crippen LogP) is 3.22. The molecule has 1 amide bonds. The SMILES string of the molecule is Cc1ccc(Nc2cc(C(=O)NCC(C)C)ncn2)cc1C. The number of rotatable bonds is 5. The Kier molecular flexibility index (Phi) is 5.09. The molecule has 5 nitrogen and oxygen atoms in total. The van der Waals surface area contributed by atoms with Crippen LogP contribution >= 0.6 is 0 Å². The summed E-state index contributed by atoms with van der Waals surface area (Å²) in [7, 11) is 0. The summed E-state index contributed by atoms with van der Waals surface area (Å²) >= 11 is 0. The quantitative estimate of drug-likeness (QED) is 0.889. The zero-order chi connectivity index (χ0) is 16.1. The molecule has 5 heteroatoms. The van der Waals surface area contributed by atoms with Gasteiger partial charge in [0.1, 0.15) is 17.8 Å². The normalized spacial score (nSPS) is 10.6. The maximum Gasteiger partial charge on any atom is 0.270 e. The van der Waals surface area contributed by atoms with Crippen molar-refractivity contribution in [2.24, 2.45) is 5.92 Å². The predicted molar refractivity (Wildman–Crippen MR) is 88.4 cm³/mol. The van der Waals surface area contributed by atoms with Gasteiger partial charge < -0.3 is 10.6 Å². The van der Waals surface area contributed by atoms with Crippen LogP contribution < -0.4 is 10.6 Å². The number of amides is 1. The Hall–Kier alpha value is -2.43. The van der Waals surface area contributed by atoms with E-state index in [9.17, 15) is 4.79 Å². The molecule has 0 atom stereocenters. The van der Waals surface area contributed by atoms with Gasteiger partial charge in [-0.25, -0.2) is 9.97 Å². The smallest absolute Gasteiger partial charge is 0.270 e. The number of anilines is 2. The zero-order valence-electron chi connectivity index (χ0n) is 13.5. The minimum absolute atomic E-state index is 0.181. The molecular formula is C17H22N4O. The number of carbonyl (C=O) groups is 1. The molecule has 0 aliphatic carbocycles. The van der Waals surface area contributed by atoms with Crippen molar-refractivity contribution in [3.63, 3.8) is 0 Å². The maximum absolute atomic E-state index is 12.0. The summed E-state index contributed by atoms with van der Waals surface area (Å²) in [4.78, 5) is 20.2. The number of nitrogens with one attached hydrogen (secondary N) is 2. The Balaban J connectivity index is 2.10. The van der Waals surface area contributed by atoms with Gasteiger partial charge in [0.15, 0.2) is 0 Å². The number of hydrogen-bond donors (Lipinski definition) is 2. The first-order valence-electron chi connectivity index (χ1n) is 7.40. The van der Waals surface area contributed by atoms with Crippen LogP contribution in [0.2, 0.25) is 0 Å². The van der Waals surface area contributed by atoms with E-state index in [0.717, 1.165) is 5.69 Å². The van der Waals surface area contributed by atoms with E-state index in [4.69, 9.17) is 0 Å². The summed E-state index contributed by atoms with van der Waals surface area (Å²) in [5.74, 6) is 0.825. The molecule has 0 fully saturated rings. The lowest BCUT2D eigenvalue weighted by atomic mass is 10.1. The first kappa shape index (κ1) is 15.9. The fraction of sp³-hybridized carbons (Fsp3) is 0.353. The van der Waals surface area contributed by atoms with Crippen molar-refractivity contribution in [1.82, 2.24) is 15.3 Å². The first-order valence-corrected chi connectivity index (χ1v) is 7.40. The Bertz CT molecular complexity index is 667. The van der Waals surface area contributed by atoms with Crippen molar-refractivity contribution in [2.75, 3.05) is 11.9 Å². The third-order valence-corrected chi connectivity index (χ3v) is 3.35. The van der Waals surface area contributed by atoms with Crippen molar-refractivity contribution >= 4 is 17.4 Å². The van der Waals surface area contributed by atoms with Gasteiger partial charge in [0.25, 0.3) is 5.91 Å². The molecule has 0 spiro atoms. The first-order chi connectivity index (χ1) is 10.5. The van der Waals surface area contributed by atoms with Gasteiger partial charge in [0.05, 0.1) is 0 Å². The highest BCUT2D eigenvalue weighted by molar-refractivity contribution is 5.92.